The smallest absolute Gasteiger partial charge is 0.264 e. The van der Waals surface area contributed by atoms with Crippen molar-refractivity contribution in [1.29, 1.82) is 0 Å². The van der Waals surface area contributed by atoms with Crippen molar-refractivity contribution in [3.05, 3.63) is 68.5 Å². The fourth-order valence-corrected chi connectivity index (χ4v) is 4.61. The summed E-state index contributed by atoms with van der Waals surface area (Å²) in [6, 6.07) is 12.5. The first-order valence-corrected chi connectivity index (χ1v) is 9.57. The van der Waals surface area contributed by atoms with Gasteiger partial charge in [-0.25, -0.2) is 0 Å². The van der Waals surface area contributed by atoms with Crippen LogP contribution in [-0.4, -0.2) is 16.1 Å². The molecule has 1 saturated heterocycles. The number of hydrogen-bond acceptors (Lipinski definition) is 4. The van der Waals surface area contributed by atoms with Crippen molar-refractivity contribution in [3.63, 3.8) is 0 Å². The number of rotatable bonds is 2. The molecule has 8 heteroatoms. The zero-order valence-corrected chi connectivity index (χ0v) is 16.2. The Bertz CT molecular complexity index is 1000. The van der Waals surface area contributed by atoms with E-state index in [-0.39, 0.29) is 18.4 Å². The number of para-hydroxylation sites is 1. The minimum absolute atomic E-state index is 0.210. The molecular weight excluding hydrogens is 411 g/mol. The molecule has 0 radical (unpaired) electrons. The molecule has 4 nitrogen and oxygen atoms in total. The Hall–Kier alpha value is -1.86. The lowest BCUT2D eigenvalue weighted by Crippen LogP contribution is -2.27. The number of carbonyl (C=O) groups excluding carboxylic acids is 2. The van der Waals surface area contributed by atoms with E-state index in [2.05, 4.69) is 5.32 Å². The maximum atomic E-state index is 13.2. The third kappa shape index (κ3) is 2.83. The van der Waals surface area contributed by atoms with Crippen LogP contribution in [0.25, 0.3) is 5.57 Å². The molecule has 2 heterocycles. The van der Waals surface area contributed by atoms with Crippen LogP contribution in [0.5, 0.6) is 0 Å². The van der Waals surface area contributed by atoms with Crippen molar-refractivity contribution in [3.8, 4) is 0 Å². The summed E-state index contributed by atoms with van der Waals surface area (Å²) in [7, 11) is 0. The highest BCUT2D eigenvalue weighted by molar-refractivity contribution is 8.27. The van der Waals surface area contributed by atoms with Crippen LogP contribution in [0.2, 0.25) is 10.0 Å². The van der Waals surface area contributed by atoms with Gasteiger partial charge in [0.15, 0.2) is 0 Å². The van der Waals surface area contributed by atoms with E-state index in [4.69, 9.17) is 35.4 Å². The van der Waals surface area contributed by atoms with E-state index in [9.17, 15) is 9.59 Å². The third-order valence-corrected chi connectivity index (χ3v) is 6.09. The Kier molecular flexibility index (Phi) is 4.52. The molecule has 0 bridgehead atoms. The molecule has 0 atom stereocenters. The van der Waals surface area contributed by atoms with Gasteiger partial charge in [-0.05, 0) is 18.2 Å². The number of fused-ring (bicyclic) bond motifs is 1. The van der Waals surface area contributed by atoms with Crippen molar-refractivity contribution < 1.29 is 9.59 Å². The molecule has 0 aliphatic carbocycles. The Labute approximate surface area is 169 Å². The molecule has 2 amide bonds. The molecule has 26 heavy (non-hydrogen) atoms. The van der Waals surface area contributed by atoms with E-state index in [0.29, 0.717) is 41.7 Å². The number of thiocarbonyl (C=S) groups is 1. The fraction of sp³-hybridized carbons (Fsp3) is 0.0556. The van der Waals surface area contributed by atoms with Gasteiger partial charge in [0.05, 0.1) is 22.7 Å². The van der Waals surface area contributed by atoms with Gasteiger partial charge in [0.2, 0.25) is 0 Å². The lowest BCUT2D eigenvalue weighted by atomic mass is 10.1. The van der Waals surface area contributed by atoms with E-state index < -0.39 is 0 Å². The maximum absolute atomic E-state index is 13.2. The second-order valence-corrected chi connectivity index (χ2v) is 8.16. The molecule has 0 spiro atoms. The van der Waals surface area contributed by atoms with Gasteiger partial charge in [-0.3, -0.25) is 9.59 Å². The van der Waals surface area contributed by atoms with E-state index in [1.165, 1.54) is 0 Å². The van der Waals surface area contributed by atoms with Crippen molar-refractivity contribution in [2.45, 2.75) is 6.54 Å². The number of carbonyl (C=O) groups is 2. The largest absolute Gasteiger partial charge is 0.307 e. The van der Waals surface area contributed by atoms with Crippen LogP contribution in [0.3, 0.4) is 0 Å². The Morgan fingerprint density at radius 1 is 1.04 bits per heavy atom. The first-order chi connectivity index (χ1) is 12.5. The van der Waals surface area contributed by atoms with Crippen molar-refractivity contribution in [2.75, 3.05) is 4.90 Å². The summed E-state index contributed by atoms with van der Waals surface area (Å²) in [4.78, 5) is 27.3. The minimum Gasteiger partial charge on any atom is -0.307 e. The molecular formula is C18H10Cl2N2O2S2. The molecule has 4 rings (SSSR count). The number of nitrogens with one attached hydrogen (secondary N) is 1. The summed E-state index contributed by atoms with van der Waals surface area (Å²) in [6.07, 6.45) is 0. The summed E-state index contributed by atoms with van der Waals surface area (Å²) in [5, 5.41) is 3.53. The summed E-state index contributed by atoms with van der Waals surface area (Å²) in [6.45, 7) is 0.210. The molecule has 2 aromatic rings. The van der Waals surface area contributed by atoms with Gasteiger partial charge in [0, 0.05) is 21.2 Å². The average molecular weight is 421 g/mol. The monoisotopic (exact) mass is 420 g/mol. The Morgan fingerprint density at radius 2 is 1.73 bits per heavy atom. The second-order valence-electron chi connectivity index (χ2n) is 5.66. The van der Waals surface area contributed by atoms with Gasteiger partial charge in [0.25, 0.3) is 11.8 Å². The van der Waals surface area contributed by atoms with E-state index in [0.717, 1.165) is 11.8 Å². The number of nitrogens with zero attached hydrogens (tertiary/aromatic N) is 1. The van der Waals surface area contributed by atoms with Crippen molar-refractivity contribution in [2.24, 2.45) is 0 Å². The van der Waals surface area contributed by atoms with Gasteiger partial charge >= 0.3 is 0 Å². The van der Waals surface area contributed by atoms with Crippen LogP contribution in [0.4, 0.5) is 5.69 Å². The summed E-state index contributed by atoms with van der Waals surface area (Å²) in [5.74, 6) is -0.625. The lowest BCUT2D eigenvalue weighted by molar-refractivity contribution is -0.116. The fourth-order valence-electron chi connectivity index (χ4n) is 2.98. The SMILES string of the molecule is O=C1NC(=S)S/C1=C1\C(=O)N(Cc2c(Cl)cccc2Cl)c2ccccc21. The van der Waals surface area contributed by atoms with Gasteiger partial charge in [0.1, 0.15) is 4.32 Å². The first kappa shape index (κ1) is 17.5. The van der Waals surface area contributed by atoms with Gasteiger partial charge in [-0.15, -0.1) is 0 Å². The number of amides is 2. The average Bonchev–Trinajstić information content (AvgIpc) is 3.07. The molecule has 1 fully saturated rings. The van der Waals surface area contributed by atoms with Crippen LogP contribution in [0.1, 0.15) is 11.1 Å². The zero-order valence-electron chi connectivity index (χ0n) is 13.1. The summed E-state index contributed by atoms with van der Waals surface area (Å²) < 4.78 is 0.343. The van der Waals surface area contributed by atoms with Gasteiger partial charge < -0.3 is 10.2 Å². The van der Waals surface area contributed by atoms with Gasteiger partial charge in [-0.2, -0.15) is 0 Å². The van der Waals surface area contributed by atoms with Crippen LogP contribution in [0, 0.1) is 0 Å². The molecule has 1 N–H and O–H groups in total. The molecule has 0 saturated carbocycles. The topological polar surface area (TPSA) is 49.4 Å². The van der Waals surface area contributed by atoms with E-state index in [1.54, 1.807) is 23.1 Å². The molecule has 2 aliphatic rings. The quantitative estimate of drug-likeness (QED) is 0.577. The van der Waals surface area contributed by atoms with Crippen LogP contribution >= 0.6 is 47.2 Å². The number of halogens is 2. The van der Waals surface area contributed by atoms with E-state index in [1.807, 2.05) is 24.3 Å². The molecule has 130 valence electrons. The van der Waals surface area contributed by atoms with Crippen LogP contribution < -0.4 is 10.2 Å². The van der Waals surface area contributed by atoms with Crippen molar-refractivity contribution in [1.82, 2.24) is 5.32 Å². The predicted octanol–water partition coefficient (Wildman–Crippen LogP) is 4.40. The summed E-state index contributed by atoms with van der Waals surface area (Å²) in [5.41, 5.74) is 2.42. The van der Waals surface area contributed by atoms with Crippen LogP contribution in [-0.2, 0) is 16.1 Å². The molecule has 0 unspecified atom stereocenters. The standard InChI is InChI=1S/C18H10Cl2N2O2S2/c19-11-5-3-6-12(20)10(11)8-22-13-7-2-1-4-9(13)14(17(22)24)15-16(23)21-18(25)26-15/h1-7H,8H2,(H,21,23,25)/b15-14-. The lowest BCUT2D eigenvalue weighted by Gasteiger charge is -2.19. The van der Waals surface area contributed by atoms with Crippen molar-refractivity contribution >= 4 is 74.6 Å². The minimum atomic E-state index is -0.351. The second kappa shape index (κ2) is 6.70. The zero-order chi connectivity index (χ0) is 18.4. The third-order valence-electron chi connectivity index (χ3n) is 4.14. The van der Waals surface area contributed by atoms with Gasteiger partial charge in [-0.1, -0.05) is 71.4 Å². The van der Waals surface area contributed by atoms with E-state index >= 15 is 0 Å². The number of benzene rings is 2. The molecule has 2 aromatic carbocycles. The molecule has 0 aromatic heterocycles. The number of anilines is 1. The highest BCUT2D eigenvalue weighted by atomic mass is 35.5. The number of thioether (sulfide) groups is 1. The highest BCUT2D eigenvalue weighted by Gasteiger charge is 2.39. The maximum Gasteiger partial charge on any atom is 0.264 e. The Morgan fingerprint density at radius 3 is 2.38 bits per heavy atom. The Balaban J connectivity index is 1.84. The highest BCUT2D eigenvalue weighted by Crippen LogP contribution is 2.43. The normalized spacial score (nSPS) is 19.2. The number of hydrogen-bond donors (Lipinski definition) is 1. The molecule has 2 aliphatic heterocycles. The van der Waals surface area contributed by atoms with Crippen LogP contribution in [0.15, 0.2) is 47.4 Å². The predicted molar refractivity (Wildman–Crippen MR) is 109 cm³/mol. The summed E-state index contributed by atoms with van der Waals surface area (Å²) >= 11 is 18.7. The first-order valence-electron chi connectivity index (χ1n) is 7.59.